The van der Waals surface area contributed by atoms with Crippen molar-refractivity contribution in [3.8, 4) is 0 Å². The highest BCUT2D eigenvalue weighted by molar-refractivity contribution is 7.22. The van der Waals surface area contributed by atoms with Gasteiger partial charge in [0.2, 0.25) is 0 Å². The first-order valence-electron chi connectivity index (χ1n) is 5.65. The number of aryl methyl sites for hydroxylation is 1. The number of aromatic nitrogens is 1. The summed E-state index contributed by atoms with van der Waals surface area (Å²) in [5.41, 5.74) is 8.24. The molecule has 0 unspecified atom stereocenters. The molecule has 0 aliphatic heterocycles. The molecule has 0 aliphatic carbocycles. The standard InChI is InChI=1S/C13H11N3O2S/c1-7-5-8(6-10-11(7)16-13(14)19-10)15-12(17)9-3-2-4-18-9/h2-6H,1H3,(H2,14,16)(H,15,17). The fourth-order valence-electron chi connectivity index (χ4n) is 1.89. The van der Waals surface area contributed by atoms with Crippen LogP contribution in [0.2, 0.25) is 0 Å². The molecule has 0 saturated carbocycles. The highest BCUT2D eigenvalue weighted by atomic mass is 32.1. The van der Waals surface area contributed by atoms with Gasteiger partial charge in [0.1, 0.15) is 0 Å². The van der Waals surface area contributed by atoms with Crippen molar-refractivity contribution in [3.05, 3.63) is 41.9 Å². The summed E-state index contributed by atoms with van der Waals surface area (Å²) in [5, 5.41) is 3.31. The number of hydrogen-bond donors (Lipinski definition) is 2. The van der Waals surface area contributed by atoms with Gasteiger partial charge in [0, 0.05) is 5.69 Å². The minimum Gasteiger partial charge on any atom is -0.459 e. The third-order valence-corrected chi connectivity index (χ3v) is 3.54. The molecular weight excluding hydrogens is 262 g/mol. The van der Waals surface area contributed by atoms with Crippen molar-refractivity contribution in [1.29, 1.82) is 0 Å². The zero-order valence-corrected chi connectivity index (χ0v) is 11.0. The second kappa shape index (κ2) is 4.40. The zero-order chi connectivity index (χ0) is 13.4. The van der Waals surface area contributed by atoms with Crippen LogP contribution >= 0.6 is 11.3 Å². The van der Waals surface area contributed by atoms with Crippen LogP contribution in [0.1, 0.15) is 16.1 Å². The maximum Gasteiger partial charge on any atom is 0.291 e. The largest absolute Gasteiger partial charge is 0.459 e. The monoisotopic (exact) mass is 273 g/mol. The number of nitrogens with zero attached hydrogens (tertiary/aromatic N) is 1. The lowest BCUT2D eigenvalue weighted by molar-refractivity contribution is 0.0996. The fraction of sp³-hybridized carbons (Fsp3) is 0.0769. The fourth-order valence-corrected chi connectivity index (χ4v) is 2.74. The van der Waals surface area contributed by atoms with Gasteiger partial charge in [-0.05, 0) is 36.8 Å². The van der Waals surface area contributed by atoms with E-state index < -0.39 is 0 Å². The lowest BCUT2D eigenvalue weighted by Gasteiger charge is -2.04. The summed E-state index contributed by atoms with van der Waals surface area (Å²) in [6, 6.07) is 7.01. The molecule has 0 atom stereocenters. The normalized spacial score (nSPS) is 10.8. The van der Waals surface area contributed by atoms with E-state index in [1.54, 1.807) is 12.1 Å². The van der Waals surface area contributed by atoms with Gasteiger partial charge in [-0.25, -0.2) is 4.98 Å². The molecule has 19 heavy (non-hydrogen) atoms. The molecule has 0 spiro atoms. The Morgan fingerprint density at radius 3 is 3.05 bits per heavy atom. The first-order valence-corrected chi connectivity index (χ1v) is 6.46. The smallest absolute Gasteiger partial charge is 0.291 e. The van der Waals surface area contributed by atoms with Crippen LogP contribution < -0.4 is 11.1 Å². The lowest BCUT2D eigenvalue weighted by atomic mass is 10.2. The molecule has 3 aromatic rings. The van der Waals surface area contributed by atoms with Crippen LogP contribution in [0.5, 0.6) is 0 Å². The van der Waals surface area contributed by atoms with E-state index in [9.17, 15) is 4.79 Å². The predicted molar refractivity (Wildman–Crippen MR) is 75.4 cm³/mol. The topological polar surface area (TPSA) is 81.2 Å². The minimum absolute atomic E-state index is 0.277. The molecule has 3 N–H and O–H groups in total. The summed E-state index contributed by atoms with van der Waals surface area (Å²) in [5.74, 6) is 0.00260. The third kappa shape index (κ3) is 2.17. The Morgan fingerprint density at radius 2 is 2.32 bits per heavy atom. The summed E-state index contributed by atoms with van der Waals surface area (Å²) < 4.78 is 6.00. The Labute approximate surface area is 113 Å². The van der Waals surface area contributed by atoms with Crippen molar-refractivity contribution < 1.29 is 9.21 Å². The number of nitrogens with two attached hydrogens (primary N) is 1. The number of fused-ring (bicyclic) bond motifs is 1. The number of amides is 1. The molecule has 0 saturated heterocycles. The molecule has 0 radical (unpaired) electrons. The van der Waals surface area contributed by atoms with E-state index in [2.05, 4.69) is 10.3 Å². The molecule has 6 heteroatoms. The van der Waals surface area contributed by atoms with Crippen LogP contribution in [0, 0.1) is 6.92 Å². The van der Waals surface area contributed by atoms with Gasteiger partial charge in [-0.3, -0.25) is 4.79 Å². The van der Waals surface area contributed by atoms with E-state index >= 15 is 0 Å². The second-order valence-corrected chi connectivity index (χ2v) is 5.19. The second-order valence-electron chi connectivity index (χ2n) is 4.12. The van der Waals surface area contributed by atoms with Gasteiger partial charge >= 0.3 is 0 Å². The first kappa shape index (κ1) is 11.7. The average molecular weight is 273 g/mol. The number of anilines is 2. The summed E-state index contributed by atoms with van der Waals surface area (Å²) in [4.78, 5) is 16.1. The van der Waals surface area contributed by atoms with Crippen LogP contribution in [0.15, 0.2) is 34.9 Å². The van der Waals surface area contributed by atoms with Crippen LogP contribution in [0.4, 0.5) is 10.8 Å². The third-order valence-electron chi connectivity index (χ3n) is 2.70. The number of hydrogen-bond acceptors (Lipinski definition) is 5. The Kier molecular flexibility index (Phi) is 2.72. The Morgan fingerprint density at radius 1 is 1.47 bits per heavy atom. The van der Waals surface area contributed by atoms with Crippen molar-refractivity contribution >= 4 is 38.3 Å². The Balaban J connectivity index is 1.95. The Hall–Kier alpha value is -2.34. The van der Waals surface area contributed by atoms with Crippen molar-refractivity contribution in [2.75, 3.05) is 11.1 Å². The van der Waals surface area contributed by atoms with E-state index in [1.807, 2.05) is 19.1 Å². The first-order chi connectivity index (χ1) is 9.13. The van der Waals surface area contributed by atoms with Gasteiger partial charge in [-0.2, -0.15) is 0 Å². The van der Waals surface area contributed by atoms with Gasteiger partial charge in [-0.1, -0.05) is 11.3 Å². The molecule has 2 aromatic heterocycles. The van der Waals surface area contributed by atoms with E-state index in [0.717, 1.165) is 15.8 Å². The molecule has 1 amide bonds. The number of benzene rings is 1. The quantitative estimate of drug-likeness (QED) is 0.752. The van der Waals surface area contributed by atoms with Gasteiger partial charge in [-0.15, -0.1) is 0 Å². The Bertz CT molecular complexity index is 747. The van der Waals surface area contributed by atoms with Crippen molar-refractivity contribution in [2.24, 2.45) is 0 Å². The zero-order valence-electron chi connectivity index (χ0n) is 10.1. The predicted octanol–water partition coefficient (Wildman–Crippen LogP) is 3.03. The summed E-state index contributed by atoms with van der Waals surface area (Å²) >= 11 is 1.40. The number of nitrogen functional groups attached to an aromatic ring is 1. The highest BCUT2D eigenvalue weighted by Gasteiger charge is 2.11. The summed E-state index contributed by atoms with van der Waals surface area (Å²) in [7, 11) is 0. The van der Waals surface area contributed by atoms with Crippen LogP contribution in [-0.4, -0.2) is 10.9 Å². The molecule has 3 rings (SSSR count). The van der Waals surface area contributed by atoms with Crippen molar-refractivity contribution in [1.82, 2.24) is 4.98 Å². The molecular formula is C13H11N3O2S. The van der Waals surface area contributed by atoms with E-state index in [1.165, 1.54) is 17.6 Å². The molecule has 0 fully saturated rings. The molecule has 0 bridgehead atoms. The van der Waals surface area contributed by atoms with Crippen LogP contribution in [-0.2, 0) is 0 Å². The van der Waals surface area contributed by atoms with Crippen LogP contribution in [0.3, 0.4) is 0 Å². The maximum absolute atomic E-state index is 11.9. The molecule has 1 aromatic carbocycles. The number of furan rings is 1. The molecule has 5 nitrogen and oxygen atoms in total. The highest BCUT2D eigenvalue weighted by Crippen LogP contribution is 2.29. The molecule has 0 aliphatic rings. The number of nitrogens with one attached hydrogen (secondary N) is 1. The van der Waals surface area contributed by atoms with Crippen molar-refractivity contribution in [3.63, 3.8) is 0 Å². The SMILES string of the molecule is Cc1cc(NC(=O)c2ccco2)cc2sc(N)nc12. The van der Waals surface area contributed by atoms with Crippen LogP contribution in [0.25, 0.3) is 10.2 Å². The van der Waals surface area contributed by atoms with Crippen molar-refractivity contribution in [2.45, 2.75) is 6.92 Å². The molecule has 2 heterocycles. The van der Waals surface area contributed by atoms with E-state index in [4.69, 9.17) is 10.2 Å². The average Bonchev–Trinajstić information content (AvgIpc) is 2.97. The van der Waals surface area contributed by atoms with Gasteiger partial charge in [0.15, 0.2) is 10.9 Å². The summed E-state index contributed by atoms with van der Waals surface area (Å²) in [6.07, 6.45) is 1.47. The van der Waals surface area contributed by atoms with E-state index in [-0.39, 0.29) is 11.7 Å². The lowest BCUT2D eigenvalue weighted by Crippen LogP contribution is -2.10. The van der Waals surface area contributed by atoms with E-state index in [0.29, 0.717) is 10.8 Å². The number of carbonyl (C=O) groups excluding carboxylic acids is 1. The molecule has 96 valence electrons. The minimum atomic E-state index is -0.277. The number of carbonyl (C=O) groups is 1. The maximum atomic E-state index is 11.9. The van der Waals surface area contributed by atoms with Gasteiger partial charge in [0.25, 0.3) is 5.91 Å². The number of rotatable bonds is 2. The number of thiazole rings is 1. The van der Waals surface area contributed by atoms with Gasteiger partial charge < -0.3 is 15.5 Å². The summed E-state index contributed by atoms with van der Waals surface area (Å²) in [6.45, 7) is 1.93. The van der Waals surface area contributed by atoms with Gasteiger partial charge in [0.05, 0.1) is 16.5 Å².